The highest BCUT2D eigenvalue weighted by Crippen LogP contribution is 2.54. The van der Waals surface area contributed by atoms with Gasteiger partial charge in [0.05, 0.1) is 6.10 Å². The standard InChI is InChI=1S/C16H24N2O2/c1-3-5-10-16(4-2,11-17)15-14(20-15)12-8-6-7-9-13(12)18-19/h6-9,14-15H,3-5,10-11,17H2,1-2H3/t14-,15-,16-/m1/s1. The van der Waals surface area contributed by atoms with E-state index in [-0.39, 0.29) is 17.6 Å². The summed E-state index contributed by atoms with van der Waals surface area (Å²) in [4.78, 5) is 10.9. The number of nitrogens with two attached hydrogens (primary N) is 1. The summed E-state index contributed by atoms with van der Waals surface area (Å²) in [5, 5.41) is 3.10. The molecule has 0 bridgehead atoms. The second-order valence-electron chi connectivity index (χ2n) is 5.65. The quantitative estimate of drug-likeness (QED) is 0.575. The molecule has 1 aliphatic rings. The molecule has 0 aliphatic carbocycles. The van der Waals surface area contributed by atoms with Gasteiger partial charge in [-0.3, -0.25) is 0 Å². The van der Waals surface area contributed by atoms with E-state index >= 15 is 0 Å². The van der Waals surface area contributed by atoms with Crippen LogP contribution in [0.25, 0.3) is 0 Å². The van der Waals surface area contributed by atoms with Crippen molar-refractivity contribution in [2.45, 2.75) is 51.7 Å². The molecule has 1 saturated heterocycles. The van der Waals surface area contributed by atoms with Crippen molar-refractivity contribution in [2.24, 2.45) is 16.3 Å². The largest absolute Gasteiger partial charge is 0.364 e. The minimum absolute atomic E-state index is 0.0238. The molecule has 0 aromatic heterocycles. The molecule has 0 radical (unpaired) electrons. The van der Waals surface area contributed by atoms with Crippen molar-refractivity contribution in [2.75, 3.05) is 6.54 Å². The second-order valence-corrected chi connectivity index (χ2v) is 5.65. The van der Waals surface area contributed by atoms with Crippen molar-refractivity contribution in [3.8, 4) is 0 Å². The Morgan fingerprint density at radius 1 is 1.35 bits per heavy atom. The average molecular weight is 276 g/mol. The van der Waals surface area contributed by atoms with Crippen molar-refractivity contribution in [3.05, 3.63) is 34.7 Å². The summed E-state index contributed by atoms with van der Waals surface area (Å²) in [6.07, 6.45) is 4.49. The van der Waals surface area contributed by atoms with Gasteiger partial charge in [0.2, 0.25) is 0 Å². The van der Waals surface area contributed by atoms with Gasteiger partial charge in [-0.25, -0.2) is 0 Å². The summed E-state index contributed by atoms with van der Waals surface area (Å²) < 4.78 is 5.91. The predicted molar refractivity (Wildman–Crippen MR) is 80.8 cm³/mol. The molecule has 20 heavy (non-hydrogen) atoms. The molecule has 110 valence electrons. The van der Waals surface area contributed by atoms with Crippen LogP contribution in [-0.2, 0) is 4.74 Å². The Balaban J connectivity index is 2.17. The van der Waals surface area contributed by atoms with E-state index in [2.05, 4.69) is 19.0 Å². The maximum Gasteiger partial charge on any atom is 0.113 e. The van der Waals surface area contributed by atoms with E-state index in [9.17, 15) is 4.91 Å². The summed E-state index contributed by atoms with van der Waals surface area (Å²) in [5.74, 6) is 0. The zero-order valence-electron chi connectivity index (χ0n) is 12.3. The van der Waals surface area contributed by atoms with Crippen LogP contribution in [0, 0.1) is 10.3 Å². The molecule has 3 atom stereocenters. The number of nitroso groups, excluding NO2 is 1. The highest BCUT2D eigenvalue weighted by Gasteiger charge is 2.53. The molecule has 1 fully saturated rings. The van der Waals surface area contributed by atoms with Crippen molar-refractivity contribution in [1.29, 1.82) is 0 Å². The molecule has 2 rings (SSSR count). The first-order chi connectivity index (χ1) is 9.72. The zero-order chi connectivity index (χ0) is 14.6. The first-order valence-corrected chi connectivity index (χ1v) is 7.50. The van der Waals surface area contributed by atoms with E-state index in [4.69, 9.17) is 10.5 Å². The van der Waals surface area contributed by atoms with Crippen molar-refractivity contribution in [3.63, 3.8) is 0 Å². The summed E-state index contributed by atoms with van der Waals surface area (Å²) in [5.41, 5.74) is 7.45. The Morgan fingerprint density at radius 2 is 2.10 bits per heavy atom. The molecule has 1 aliphatic heterocycles. The third kappa shape index (κ3) is 2.76. The van der Waals surface area contributed by atoms with Gasteiger partial charge < -0.3 is 10.5 Å². The Kier molecular flexibility index (Phi) is 4.89. The maximum absolute atomic E-state index is 10.9. The second kappa shape index (κ2) is 6.46. The summed E-state index contributed by atoms with van der Waals surface area (Å²) in [7, 11) is 0. The average Bonchev–Trinajstić information content (AvgIpc) is 3.30. The van der Waals surface area contributed by atoms with Gasteiger partial charge in [-0.2, -0.15) is 0 Å². The van der Waals surface area contributed by atoms with Gasteiger partial charge in [-0.05, 0) is 24.1 Å². The Morgan fingerprint density at radius 3 is 2.70 bits per heavy atom. The van der Waals surface area contributed by atoms with E-state index in [1.54, 1.807) is 6.07 Å². The third-order valence-corrected chi connectivity index (χ3v) is 4.58. The molecule has 0 amide bonds. The smallest absolute Gasteiger partial charge is 0.113 e. The Hall–Kier alpha value is -1.26. The molecular formula is C16H24N2O2. The number of rotatable bonds is 8. The van der Waals surface area contributed by atoms with Crippen LogP contribution in [0.15, 0.2) is 29.4 Å². The lowest BCUT2D eigenvalue weighted by Crippen LogP contribution is -2.35. The summed E-state index contributed by atoms with van der Waals surface area (Å²) in [6, 6.07) is 7.41. The molecule has 0 spiro atoms. The Labute approximate surface area is 120 Å². The summed E-state index contributed by atoms with van der Waals surface area (Å²) >= 11 is 0. The monoisotopic (exact) mass is 276 g/mol. The van der Waals surface area contributed by atoms with Crippen LogP contribution in [-0.4, -0.2) is 12.6 Å². The van der Waals surface area contributed by atoms with E-state index in [1.807, 2.05) is 18.2 Å². The van der Waals surface area contributed by atoms with Gasteiger partial charge in [-0.1, -0.05) is 44.9 Å². The van der Waals surface area contributed by atoms with Gasteiger partial charge in [0, 0.05) is 17.5 Å². The molecule has 1 heterocycles. The molecule has 0 saturated carbocycles. The Bertz CT molecular complexity index is 458. The van der Waals surface area contributed by atoms with E-state index in [1.165, 1.54) is 0 Å². The van der Waals surface area contributed by atoms with Gasteiger partial charge >= 0.3 is 0 Å². The first kappa shape index (κ1) is 15.1. The van der Waals surface area contributed by atoms with Gasteiger partial charge in [0.1, 0.15) is 11.8 Å². The number of hydrogen-bond donors (Lipinski definition) is 1. The molecule has 1 aromatic rings. The molecule has 4 heteroatoms. The lowest BCUT2D eigenvalue weighted by molar-refractivity contribution is 0.176. The molecule has 1 aromatic carbocycles. The van der Waals surface area contributed by atoms with Crippen LogP contribution in [0.3, 0.4) is 0 Å². The normalized spacial score (nSPS) is 24.1. The van der Waals surface area contributed by atoms with Crippen LogP contribution in [0.2, 0.25) is 0 Å². The minimum Gasteiger partial charge on any atom is -0.364 e. The molecular weight excluding hydrogens is 252 g/mol. The maximum atomic E-state index is 10.9. The fourth-order valence-electron chi connectivity index (χ4n) is 3.04. The topological polar surface area (TPSA) is 68.0 Å². The number of hydrogen-bond acceptors (Lipinski definition) is 4. The highest BCUT2D eigenvalue weighted by molar-refractivity contribution is 5.48. The van der Waals surface area contributed by atoms with Crippen molar-refractivity contribution < 1.29 is 4.74 Å². The fraction of sp³-hybridized carbons (Fsp3) is 0.625. The third-order valence-electron chi connectivity index (χ3n) is 4.58. The van der Waals surface area contributed by atoms with E-state index < -0.39 is 0 Å². The summed E-state index contributed by atoms with van der Waals surface area (Å²) in [6.45, 7) is 4.99. The predicted octanol–water partition coefficient (Wildman–Crippen LogP) is 4.07. The van der Waals surface area contributed by atoms with Gasteiger partial charge in [-0.15, -0.1) is 4.91 Å². The van der Waals surface area contributed by atoms with E-state index in [0.29, 0.717) is 12.2 Å². The molecule has 0 unspecified atom stereocenters. The highest BCUT2D eigenvalue weighted by atomic mass is 16.6. The number of unbranched alkanes of at least 4 members (excludes halogenated alkanes) is 1. The number of benzene rings is 1. The number of nitrogens with zero attached hydrogens (tertiary/aromatic N) is 1. The van der Waals surface area contributed by atoms with Crippen LogP contribution in [0.5, 0.6) is 0 Å². The molecule has 4 nitrogen and oxygen atoms in total. The van der Waals surface area contributed by atoms with Crippen molar-refractivity contribution in [1.82, 2.24) is 0 Å². The zero-order valence-corrected chi connectivity index (χ0v) is 12.3. The first-order valence-electron chi connectivity index (χ1n) is 7.50. The van der Waals surface area contributed by atoms with Crippen LogP contribution in [0.4, 0.5) is 5.69 Å². The van der Waals surface area contributed by atoms with Crippen LogP contribution >= 0.6 is 0 Å². The lowest BCUT2D eigenvalue weighted by atomic mass is 9.75. The number of ether oxygens (including phenoxy) is 1. The van der Waals surface area contributed by atoms with Gasteiger partial charge in [0.15, 0.2) is 0 Å². The fourth-order valence-corrected chi connectivity index (χ4v) is 3.04. The van der Waals surface area contributed by atoms with Crippen LogP contribution < -0.4 is 5.73 Å². The molecule has 2 N–H and O–H groups in total. The number of epoxide rings is 1. The van der Waals surface area contributed by atoms with Crippen LogP contribution in [0.1, 0.15) is 51.2 Å². The van der Waals surface area contributed by atoms with Gasteiger partial charge in [0.25, 0.3) is 0 Å². The van der Waals surface area contributed by atoms with Crippen molar-refractivity contribution >= 4 is 5.69 Å². The minimum atomic E-state index is -0.0238. The van der Waals surface area contributed by atoms with E-state index in [0.717, 1.165) is 31.2 Å². The SMILES string of the molecule is CCCC[C@](CC)(CN)[C@@H]1O[C@@H]1c1ccccc1N=O. The lowest BCUT2D eigenvalue weighted by Gasteiger charge is -2.30.